The zero-order chi connectivity index (χ0) is 27.6. The molecule has 0 aliphatic carbocycles. The zero-order valence-corrected chi connectivity index (χ0v) is 24.3. The molecule has 38 heavy (non-hydrogen) atoms. The number of nitrogens with zero attached hydrogens (tertiary/aromatic N) is 1. The molecule has 3 aromatic rings. The number of methoxy groups -OCH3 is 1. The largest absolute Gasteiger partial charge is 0.488 e. The van der Waals surface area contributed by atoms with Crippen molar-refractivity contribution in [3.63, 3.8) is 0 Å². The molecule has 0 amide bonds. The van der Waals surface area contributed by atoms with Crippen LogP contribution in [0.3, 0.4) is 0 Å². The third-order valence-corrected chi connectivity index (χ3v) is 9.38. The summed E-state index contributed by atoms with van der Waals surface area (Å²) in [5.41, 5.74) is 2.11. The molecule has 1 aliphatic rings. The highest BCUT2D eigenvalue weighted by atomic mass is 32.2. The monoisotopic (exact) mass is 555 g/mol. The molecule has 2 aromatic carbocycles. The molecule has 2 heterocycles. The second-order valence-electron chi connectivity index (χ2n) is 10.2. The fraction of sp³-hybridized carbons (Fsp3) is 0.400. The Balaban J connectivity index is 1.74. The van der Waals surface area contributed by atoms with E-state index < -0.39 is 23.1 Å². The van der Waals surface area contributed by atoms with Crippen molar-refractivity contribution in [2.75, 3.05) is 13.7 Å². The SMILES string of the molecule is CC[C@@H]1CN(Cc2cc(C(c3cc(F)c(C(C)=O)s3)C(C)(C)C(=O)OC)ccc2C)Sc2ccccc2O1. The van der Waals surface area contributed by atoms with Gasteiger partial charge >= 0.3 is 5.97 Å². The maximum absolute atomic E-state index is 14.7. The molecule has 0 spiro atoms. The number of para-hydroxylation sites is 1. The van der Waals surface area contributed by atoms with Crippen LogP contribution in [0.4, 0.5) is 4.39 Å². The number of ether oxygens (including phenoxy) is 2. The molecule has 1 aromatic heterocycles. The van der Waals surface area contributed by atoms with Crippen LogP contribution in [0.1, 0.15) is 71.3 Å². The molecule has 1 unspecified atom stereocenters. The van der Waals surface area contributed by atoms with E-state index in [9.17, 15) is 14.0 Å². The van der Waals surface area contributed by atoms with Crippen LogP contribution in [0.15, 0.2) is 53.4 Å². The number of esters is 1. The van der Waals surface area contributed by atoms with Crippen LogP contribution in [-0.4, -0.2) is 35.8 Å². The maximum Gasteiger partial charge on any atom is 0.312 e. The lowest BCUT2D eigenvalue weighted by Gasteiger charge is -2.32. The van der Waals surface area contributed by atoms with Gasteiger partial charge < -0.3 is 9.47 Å². The summed E-state index contributed by atoms with van der Waals surface area (Å²) in [5, 5.41) is 0. The molecular weight excluding hydrogens is 521 g/mol. The first-order valence-corrected chi connectivity index (χ1v) is 14.3. The van der Waals surface area contributed by atoms with E-state index in [1.54, 1.807) is 25.8 Å². The lowest BCUT2D eigenvalue weighted by atomic mass is 9.73. The van der Waals surface area contributed by atoms with Crippen LogP contribution in [0, 0.1) is 18.2 Å². The minimum absolute atomic E-state index is 0.0692. The number of fused-ring (bicyclic) bond motifs is 1. The fourth-order valence-corrected chi connectivity index (χ4v) is 7.19. The van der Waals surface area contributed by atoms with Crippen molar-refractivity contribution in [1.29, 1.82) is 0 Å². The van der Waals surface area contributed by atoms with Crippen molar-refractivity contribution in [3.8, 4) is 5.75 Å². The van der Waals surface area contributed by atoms with Gasteiger partial charge in [-0.05, 0) is 74.0 Å². The predicted molar refractivity (Wildman–Crippen MR) is 151 cm³/mol. The second kappa shape index (κ2) is 11.6. The van der Waals surface area contributed by atoms with Gasteiger partial charge in [0.15, 0.2) is 5.78 Å². The van der Waals surface area contributed by atoms with Crippen LogP contribution in [0.2, 0.25) is 0 Å². The lowest BCUT2D eigenvalue weighted by molar-refractivity contribution is -0.151. The van der Waals surface area contributed by atoms with Crippen molar-refractivity contribution in [1.82, 2.24) is 4.31 Å². The average Bonchev–Trinajstić information content (AvgIpc) is 3.16. The zero-order valence-electron chi connectivity index (χ0n) is 22.7. The molecule has 2 atom stereocenters. The topological polar surface area (TPSA) is 55.8 Å². The van der Waals surface area contributed by atoms with Crippen molar-refractivity contribution in [3.05, 3.63) is 80.8 Å². The number of ketones is 1. The Hall–Kier alpha value is -2.68. The fourth-order valence-electron chi connectivity index (χ4n) is 4.87. The van der Waals surface area contributed by atoms with Gasteiger partial charge in [-0.25, -0.2) is 8.70 Å². The van der Waals surface area contributed by atoms with E-state index in [0.717, 1.165) is 51.6 Å². The van der Waals surface area contributed by atoms with Gasteiger partial charge in [-0.15, -0.1) is 11.3 Å². The number of halogens is 1. The summed E-state index contributed by atoms with van der Waals surface area (Å²) in [6, 6.07) is 15.6. The number of carbonyl (C=O) groups excluding carboxylic acids is 2. The van der Waals surface area contributed by atoms with Crippen LogP contribution in [-0.2, 0) is 16.1 Å². The summed E-state index contributed by atoms with van der Waals surface area (Å²) < 4.78 is 28.5. The first kappa shape index (κ1) is 28.3. The molecule has 0 fully saturated rings. The first-order chi connectivity index (χ1) is 18.0. The van der Waals surface area contributed by atoms with Gasteiger partial charge in [0.1, 0.15) is 22.5 Å². The van der Waals surface area contributed by atoms with E-state index in [1.165, 1.54) is 20.1 Å². The number of hydrogen-bond acceptors (Lipinski definition) is 7. The van der Waals surface area contributed by atoms with Gasteiger partial charge in [0.05, 0.1) is 17.4 Å². The number of thiophene rings is 1. The number of hydrogen-bond donors (Lipinski definition) is 0. The molecule has 8 heteroatoms. The van der Waals surface area contributed by atoms with Crippen LogP contribution < -0.4 is 4.74 Å². The highest BCUT2D eigenvalue weighted by Crippen LogP contribution is 2.46. The molecule has 0 saturated carbocycles. The quantitative estimate of drug-likeness (QED) is 0.164. The molecule has 202 valence electrons. The Morgan fingerprint density at radius 2 is 1.95 bits per heavy atom. The van der Waals surface area contributed by atoms with E-state index >= 15 is 0 Å². The lowest BCUT2D eigenvalue weighted by Crippen LogP contribution is -2.33. The minimum atomic E-state index is -0.996. The Bertz CT molecular complexity index is 1340. The third kappa shape index (κ3) is 5.82. The Morgan fingerprint density at radius 3 is 2.61 bits per heavy atom. The summed E-state index contributed by atoms with van der Waals surface area (Å²) in [5.74, 6) is -0.875. The normalized spacial score (nSPS) is 16.8. The summed E-state index contributed by atoms with van der Waals surface area (Å²) in [6.07, 6.45) is 0.960. The average molecular weight is 556 g/mol. The summed E-state index contributed by atoms with van der Waals surface area (Å²) in [6.45, 7) is 10.6. The second-order valence-corrected chi connectivity index (χ2v) is 12.4. The Kier molecular flexibility index (Phi) is 8.65. The molecule has 0 N–H and O–H groups in total. The first-order valence-electron chi connectivity index (χ1n) is 12.7. The van der Waals surface area contributed by atoms with Gasteiger partial charge in [-0.3, -0.25) is 9.59 Å². The molecule has 1 aliphatic heterocycles. The molecule has 5 nitrogen and oxygen atoms in total. The van der Waals surface area contributed by atoms with Crippen molar-refractivity contribution < 1.29 is 23.5 Å². The van der Waals surface area contributed by atoms with E-state index in [1.807, 2.05) is 30.3 Å². The third-order valence-electron chi connectivity index (χ3n) is 7.03. The predicted octanol–water partition coefficient (Wildman–Crippen LogP) is 7.41. The van der Waals surface area contributed by atoms with Crippen LogP contribution in [0.5, 0.6) is 5.75 Å². The standard InChI is InChI=1S/C30H34FNO4S2/c1-7-22-17-32(38-25-11-9-8-10-24(25)36-22)16-21-14-20(13-12-18(21)2)27(30(4,5)29(34)35-6)26-15-23(31)28(37-26)19(3)33/h8-15,22,27H,7,16-17H2,1-6H3/t22-,27?/m1/s1. The number of carbonyl (C=O) groups is 2. The van der Waals surface area contributed by atoms with Gasteiger partial charge in [-0.1, -0.05) is 37.3 Å². The molecule has 4 rings (SSSR count). The van der Waals surface area contributed by atoms with Crippen molar-refractivity contribution >= 4 is 35.0 Å². The number of aryl methyl sites for hydroxylation is 1. The molecule has 0 bridgehead atoms. The smallest absolute Gasteiger partial charge is 0.312 e. The van der Waals surface area contributed by atoms with E-state index in [-0.39, 0.29) is 16.8 Å². The number of rotatable bonds is 8. The Morgan fingerprint density at radius 1 is 1.21 bits per heavy atom. The number of Topliss-reactive ketones (excluding diaryl/α,β-unsaturated/α-hetero) is 1. The van der Waals surface area contributed by atoms with Crippen molar-refractivity contribution in [2.24, 2.45) is 5.41 Å². The summed E-state index contributed by atoms with van der Waals surface area (Å²) >= 11 is 2.79. The minimum Gasteiger partial charge on any atom is -0.488 e. The van der Waals surface area contributed by atoms with Crippen molar-refractivity contribution in [2.45, 2.75) is 64.5 Å². The van der Waals surface area contributed by atoms with Gasteiger partial charge in [-0.2, -0.15) is 0 Å². The van der Waals surface area contributed by atoms with Gasteiger partial charge in [0.25, 0.3) is 0 Å². The van der Waals surface area contributed by atoms with E-state index in [2.05, 4.69) is 30.3 Å². The molecule has 0 saturated heterocycles. The Labute approximate surface area is 232 Å². The van der Waals surface area contributed by atoms with E-state index in [0.29, 0.717) is 11.4 Å². The summed E-state index contributed by atoms with van der Waals surface area (Å²) in [4.78, 5) is 26.7. The van der Waals surface area contributed by atoms with Gasteiger partial charge in [0.2, 0.25) is 0 Å². The molecule has 0 radical (unpaired) electrons. The molecular formula is C30H34FNO4S2. The van der Waals surface area contributed by atoms with Crippen LogP contribution in [0.25, 0.3) is 0 Å². The maximum atomic E-state index is 14.7. The number of benzene rings is 2. The van der Waals surface area contributed by atoms with Crippen LogP contribution >= 0.6 is 23.3 Å². The highest BCUT2D eigenvalue weighted by Gasteiger charge is 2.41. The van der Waals surface area contributed by atoms with Gasteiger partial charge in [0, 0.05) is 30.8 Å². The highest BCUT2D eigenvalue weighted by molar-refractivity contribution is 7.97. The summed E-state index contributed by atoms with van der Waals surface area (Å²) in [7, 11) is 1.36. The van der Waals surface area contributed by atoms with E-state index in [4.69, 9.17) is 9.47 Å².